The van der Waals surface area contributed by atoms with Crippen LogP contribution in [0.5, 0.6) is 0 Å². The third-order valence-electron chi connectivity index (χ3n) is 16.2. The maximum Gasteiger partial charge on any atom is 0.333 e. The van der Waals surface area contributed by atoms with E-state index in [4.69, 9.17) is 4.42 Å². The van der Waals surface area contributed by atoms with Crippen LogP contribution < -0.4 is 20.6 Å². The molecule has 1 spiro atoms. The number of furan rings is 1. The number of hydrogen-bond donors (Lipinski definition) is 0. The Morgan fingerprint density at radius 2 is 1.12 bits per heavy atom. The van der Waals surface area contributed by atoms with Crippen LogP contribution in [0.25, 0.3) is 55.3 Å². The van der Waals surface area contributed by atoms with Gasteiger partial charge in [0.1, 0.15) is 11.2 Å². The second kappa shape index (κ2) is 12.2. The highest BCUT2D eigenvalue weighted by atomic mass is 16.3. The van der Waals surface area contributed by atoms with Crippen LogP contribution in [0.15, 0.2) is 186 Å². The van der Waals surface area contributed by atoms with Crippen LogP contribution in [0.4, 0.5) is 28.4 Å². The molecular weight excluding hydrogens is 800 g/mol. The van der Waals surface area contributed by atoms with Crippen molar-refractivity contribution in [1.82, 2.24) is 0 Å². The lowest BCUT2D eigenvalue weighted by Crippen LogP contribution is -2.63. The van der Waals surface area contributed by atoms with Gasteiger partial charge in [-0.15, -0.1) is 0 Å². The van der Waals surface area contributed by atoms with Gasteiger partial charge in [-0.1, -0.05) is 180 Å². The zero-order chi connectivity index (χ0) is 44.0. The molecule has 3 nitrogen and oxygen atoms in total. The van der Waals surface area contributed by atoms with Crippen molar-refractivity contribution in [3.63, 3.8) is 0 Å². The van der Waals surface area contributed by atoms with Crippen LogP contribution in [0.1, 0.15) is 73.6 Å². The maximum atomic E-state index is 7.26. The van der Waals surface area contributed by atoms with Crippen molar-refractivity contribution in [3.8, 4) is 33.4 Å². The van der Waals surface area contributed by atoms with E-state index in [0.717, 1.165) is 21.9 Å². The van der Waals surface area contributed by atoms with Crippen LogP contribution >= 0.6 is 0 Å². The van der Waals surface area contributed by atoms with E-state index in [-0.39, 0.29) is 17.7 Å². The monoisotopic (exact) mass is 844 g/mol. The lowest BCUT2D eigenvalue weighted by Gasteiger charge is -2.51. The lowest BCUT2D eigenvalue weighted by atomic mass is 9.42. The fraction of sp³-hybridized carbons (Fsp3) is 0.129. The quantitative estimate of drug-likeness (QED) is 0.154. The Morgan fingerprint density at radius 3 is 1.85 bits per heavy atom. The van der Waals surface area contributed by atoms with Crippen molar-refractivity contribution in [2.24, 2.45) is 0 Å². The highest BCUT2D eigenvalue weighted by Gasteiger charge is 2.56. The third-order valence-corrected chi connectivity index (χ3v) is 16.2. The Balaban J connectivity index is 1.14. The molecule has 0 atom stereocenters. The molecule has 3 aliphatic heterocycles. The van der Waals surface area contributed by atoms with Crippen molar-refractivity contribution in [3.05, 3.63) is 221 Å². The summed E-state index contributed by atoms with van der Waals surface area (Å²) >= 11 is 0. The van der Waals surface area contributed by atoms with E-state index < -0.39 is 5.41 Å². The van der Waals surface area contributed by atoms with Crippen LogP contribution in [0, 0.1) is 0 Å². The molecule has 0 unspecified atom stereocenters. The van der Waals surface area contributed by atoms with Crippen molar-refractivity contribution in [1.29, 1.82) is 0 Å². The molecule has 1 aromatic heterocycles. The van der Waals surface area contributed by atoms with Gasteiger partial charge in [-0.25, -0.2) is 0 Å². The molecule has 15 rings (SSSR count). The minimum Gasteiger partial charge on any atom is -0.455 e. The van der Waals surface area contributed by atoms with Gasteiger partial charge in [0.05, 0.1) is 11.1 Å². The number of fused-ring (bicyclic) bond motifs is 21. The van der Waals surface area contributed by atoms with Gasteiger partial charge >= 0.3 is 6.85 Å². The molecule has 9 aromatic carbocycles. The first kappa shape index (κ1) is 36.7. The smallest absolute Gasteiger partial charge is 0.333 e. The molecular formula is C62H45BN2O. The van der Waals surface area contributed by atoms with Gasteiger partial charge in [0.2, 0.25) is 0 Å². The van der Waals surface area contributed by atoms with Gasteiger partial charge < -0.3 is 14.1 Å². The average molecular weight is 845 g/mol. The summed E-state index contributed by atoms with van der Waals surface area (Å²) in [5.74, 6) is 0. The molecule has 312 valence electrons. The molecule has 0 radical (unpaired) electrons. The SMILES string of the molecule is CC(C)(C)c1ccc(N2B3c4cccc5c4N(c4ccccc4C54c5ccccc5-c5ccccc54)c4cc5c(oc6ccccc65)c(c43)-c3c2ccc2c3C(C)(C)c3ccccc3-2)cc1. The van der Waals surface area contributed by atoms with Crippen LogP contribution in [-0.4, -0.2) is 6.85 Å². The van der Waals surface area contributed by atoms with Gasteiger partial charge in [-0.3, -0.25) is 0 Å². The number of benzene rings is 9. The van der Waals surface area contributed by atoms with E-state index in [2.05, 4.69) is 226 Å². The van der Waals surface area contributed by atoms with Gasteiger partial charge in [-0.05, 0) is 114 Å². The van der Waals surface area contributed by atoms with Crippen molar-refractivity contribution in [2.75, 3.05) is 9.71 Å². The van der Waals surface area contributed by atoms with E-state index in [0.29, 0.717) is 0 Å². The van der Waals surface area contributed by atoms with Gasteiger partial charge in [0, 0.05) is 50.1 Å². The Bertz CT molecular complexity index is 3760. The summed E-state index contributed by atoms with van der Waals surface area (Å²) in [7, 11) is 0. The molecule has 0 saturated heterocycles. The van der Waals surface area contributed by atoms with Crippen molar-refractivity contribution >= 4 is 68.1 Å². The Kier molecular flexibility index (Phi) is 6.80. The first-order valence-electron chi connectivity index (χ1n) is 23.6. The molecule has 2 aliphatic carbocycles. The van der Waals surface area contributed by atoms with Gasteiger partial charge in [0.15, 0.2) is 0 Å². The first-order valence-corrected chi connectivity index (χ1v) is 23.6. The minimum atomic E-state index is -0.527. The number of rotatable bonds is 1. The molecule has 66 heavy (non-hydrogen) atoms. The van der Waals surface area contributed by atoms with E-state index in [1.807, 2.05) is 0 Å². The summed E-state index contributed by atoms with van der Waals surface area (Å²) in [4.78, 5) is 5.35. The average Bonchev–Trinajstić information content (AvgIpc) is 3.94. The number of nitrogens with zero attached hydrogens (tertiary/aromatic N) is 2. The first-order chi connectivity index (χ1) is 32.2. The molecule has 4 heterocycles. The fourth-order valence-electron chi connectivity index (χ4n) is 13.5. The summed E-state index contributed by atoms with van der Waals surface area (Å²) in [6.07, 6.45) is 0. The maximum absolute atomic E-state index is 7.26. The summed E-state index contributed by atoms with van der Waals surface area (Å²) in [5.41, 5.74) is 26.8. The minimum absolute atomic E-state index is 0.0149. The fourth-order valence-corrected chi connectivity index (χ4v) is 13.5. The summed E-state index contributed by atoms with van der Waals surface area (Å²) in [6, 6.07) is 69.3. The Labute approximate surface area is 385 Å². The molecule has 0 fully saturated rings. The van der Waals surface area contributed by atoms with Crippen molar-refractivity contribution in [2.45, 2.75) is 50.9 Å². The largest absolute Gasteiger partial charge is 0.455 e. The molecule has 0 bridgehead atoms. The second-order valence-electron chi connectivity index (χ2n) is 20.7. The van der Waals surface area contributed by atoms with Gasteiger partial charge in [0.25, 0.3) is 0 Å². The van der Waals surface area contributed by atoms with E-state index >= 15 is 0 Å². The molecule has 0 N–H and O–H groups in total. The van der Waals surface area contributed by atoms with E-state index in [1.165, 1.54) is 112 Å². The van der Waals surface area contributed by atoms with Gasteiger partial charge in [-0.2, -0.15) is 0 Å². The standard InChI is InChI=1S/C62H45BN2O/c1-60(2,3)36-29-31-37(32-30-36)65-51-34-33-42-40-19-6-10-21-44(40)61(4,5)56(42)54(51)55-57-52(35-43-41-20-9-15-28-53(41)66-59(43)55)64-50-27-14-13-24-47(50)62(48-25-16-26-49(58(48)64)63(57)65)45-22-11-7-17-38(45)39-18-8-12-23-46(39)62/h6-35H,1-5H3. The lowest BCUT2D eigenvalue weighted by molar-refractivity contribution is 0.590. The summed E-state index contributed by atoms with van der Waals surface area (Å²) in [5, 5.41) is 2.28. The van der Waals surface area contributed by atoms with Crippen LogP contribution in [0.2, 0.25) is 0 Å². The zero-order valence-electron chi connectivity index (χ0n) is 37.7. The summed E-state index contributed by atoms with van der Waals surface area (Å²) < 4.78 is 7.26. The summed E-state index contributed by atoms with van der Waals surface area (Å²) in [6.45, 7) is 11.6. The molecule has 5 aliphatic rings. The van der Waals surface area contributed by atoms with Crippen LogP contribution in [-0.2, 0) is 16.2 Å². The van der Waals surface area contributed by atoms with Crippen molar-refractivity contribution < 1.29 is 4.42 Å². The number of hydrogen-bond acceptors (Lipinski definition) is 3. The molecule has 0 saturated carbocycles. The highest BCUT2D eigenvalue weighted by molar-refractivity contribution is 6.94. The Hall–Kier alpha value is -7.56. The predicted octanol–water partition coefficient (Wildman–Crippen LogP) is 14.6. The number of anilines is 5. The van der Waals surface area contributed by atoms with Crippen LogP contribution in [0.3, 0.4) is 0 Å². The highest BCUT2D eigenvalue weighted by Crippen LogP contribution is 2.65. The zero-order valence-corrected chi connectivity index (χ0v) is 37.7. The van der Waals surface area contributed by atoms with E-state index in [9.17, 15) is 0 Å². The topological polar surface area (TPSA) is 19.6 Å². The predicted molar refractivity (Wildman–Crippen MR) is 275 cm³/mol. The molecule has 4 heteroatoms. The third kappa shape index (κ3) is 4.23. The number of para-hydroxylation sites is 3. The van der Waals surface area contributed by atoms with E-state index in [1.54, 1.807) is 0 Å². The Morgan fingerprint density at radius 1 is 0.500 bits per heavy atom. The molecule has 10 aromatic rings. The molecule has 0 amide bonds. The normalized spacial score (nSPS) is 15.8. The second-order valence-corrected chi connectivity index (χ2v) is 20.7.